The Labute approximate surface area is 183 Å². The predicted octanol–water partition coefficient (Wildman–Crippen LogP) is 5.83. The van der Waals surface area contributed by atoms with Gasteiger partial charge in [-0.3, -0.25) is 4.79 Å². The molecule has 3 atom stereocenters. The van der Waals surface area contributed by atoms with E-state index in [0.29, 0.717) is 17.4 Å². The van der Waals surface area contributed by atoms with E-state index in [1.807, 2.05) is 42.5 Å². The van der Waals surface area contributed by atoms with Gasteiger partial charge < -0.3 is 15.5 Å². The van der Waals surface area contributed by atoms with Gasteiger partial charge in [0, 0.05) is 31.4 Å². The van der Waals surface area contributed by atoms with E-state index in [1.54, 1.807) is 0 Å². The number of anilines is 3. The lowest BCUT2D eigenvalue weighted by Gasteiger charge is -2.38. The van der Waals surface area contributed by atoms with Crippen LogP contribution in [-0.2, 0) is 0 Å². The highest BCUT2D eigenvalue weighted by Crippen LogP contribution is 2.50. The number of carbonyl (C=O) groups excluding carboxylic acids is 1. The predicted molar refractivity (Wildman–Crippen MR) is 128 cm³/mol. The fourth-order valence-corrected chi connectivity index (χ4v) is 4.84. The molecule has 2 N–H and O–H groups in total. The van der Waals surface area contributed by atoms with E-state index in [4.69, 9.17) is 0 Å². The summed E-state index contributed by atoms with van der Waals surface area (Å²) in [6, 6.07) is 24.6. The number of nitrogens with zero attached hydrogens (tertiary/aromatic N) is 1. The third-order valence-electron chi connectivity index (χ3n) is 6.44. The second kappa shape index (κ2) is 7.95. The smallest absolute Gasteiger partial charge is 0.257 e. The Morgan fingerprint density at radius 3 is 2.48 bits per heavy atom. The van der Waals surface area contributed by atoms with Crippen LogP contribution in [0.1, 0.15) is 39.9 Å². The number of hydrogen-bond donors (Lipinski definition) is 2. The molecule has 0 fully saturated rings. The molecular formula is C27H27N3O. The number of amides is 1. The van der Waals surface area contributed by atoms with Gasteiger partial charge in [0.2, 0.25) is 0 Å². The van der Waals surface area contributed by atoms with Gasteiger partial charge in [-0.2, -0.15) is 0 Å². The van der Waals surface area contributed by atoms with Gasteiger partial charge in [-0.1, -0.05) is 54.6 Å². The van der Waals surface area contributed by atoms with Gasteiger partial charge in [0.25, 0.3) is 5.91 Å². The quantitative estimate of drug-likeness (QED) is 0.533. The summed E-state index contributed by atoms with van der Waals surface area (Å²) in [6.45, 7) is 0. The molecule has 3 unspecified atom stereocenters. The molecule has 3 aromatic rings. The molecule has 3 aromatic carbocycles. The molecule has 0 spiro atoms. The zero-order valence-electron chi connectivity index (χ0n) is 17.9. The summed E-state index contributed by atoms with van der Waals surface area (Å²) in [7, 11) is 4.11. The Balaban J connectivity index is 1.51. The van der Waals surface area contributed by atoms with Crippen LogP contribution in [0.2, 0.25) is 0 Å². The molecule has 1 aliphatic carbocycles. The molecule has 5 rings (SSSR count). The lowest BCUT2D eigenvalue weighted by molar-refractivity contribution is 0.102. The summed E-state index contributed by atoms with van der Waals surface area (Å²) in [5.74, 6) is 0.682. The zero-order valence-corrected chi connectivity index (χ0v) is 17.9. The maximum atomic E-state index is 13.2. The highest BCUT2D eigenvalue weighted by atomic mass is 16.1. The number of carbonyl (C=O) groups is 1. The molecule has 4 nitrogen and oxygen atoms in total. The normalized spacial score (nSPS) is 21.0. The average Bonchev–Trinajstić information content (AvgIpc) is 3.29. The largest absolute Gasteiger partial charge is 0.378 e. The van der Waals surface area contributed by atoms with Gasteiger partial charge in [-0.05, 0) is 53.8 Å². The Hall–Kier alpha value is -3.53. The Morgan fingerprint density at radius 2 is 1.74 bits per heavy atom. The van der Waals surface area contributed by atoms with E-state index in [0.717, 1.165) is 17.8 Å². The van der Waals surface area contributed by atoms with E-state index < -0.39 is 0 Å². The summed E-state index contributed by atoms with van der Waals surface area (Å²) < 4.78 is 0. The van der Waals surface area contributed by atoms with Crippen molar-refractivity contribution in [3.63, 3.8) is 0 Å². The fourth-order valence-electron chi connectivity index (χ4n) is 4.84. The molecule has 0 bridgehead atoms. The molecule has 0 saturated heterocycles. The second-order valence-electron chi connectivity index (χ2n) is 8.55. The van der Waals surface area contributed by atoms with Gasteiger partial charge >= 0.3 is 0 Å². The second-order valence-corrected chi connectivity index (χ2v) is 8.55. The van der Waals surface area contributed by atoms with Crippen LogP contribution in [0.15, 0.2) is 84.9 Å². The summed E-state index contributed by atoms with van der Waals surface area (Å²) in [5, 5.41) is 6.79. The molecule has 0 aromatic heterocycles. The first-order valence-electron chi connectivity index (χ1n) is 10.8. The molecule has 4 heteroatoms. The number of nitrogens with one attached hydrogen (secondary N) is 2. The van der Waals surface area contributed by atoms with E-state index in [9.17, 15) is 4.79 Å². The van der Waals surface area contributed by atoms with E-state index in [-0.39, 0.29) is 11.9 Å². The van der Waals surface area contributed by atoms with Crippen LogP contribution in [0, 0.1) is 5.92 Å². The Kier molecular flexibility index (Phi) is 4.99. The number of fused-ring (bicyclic) bond motifs is 3. The van der Waals surface area contributed by atoms with Crippen molar-refractivity contribution in [3.05, 3.63) is 102 Å². The van der Waals surface area contributed by atoms with Crippen LogP contribution in [0.4, 0.5) is 17.1 Å². The van der Waals surface area contributed by atoms with Crippen molar-refractivity contribution in [2.24, 2.45) is 5.92 Å². The zero-order chi connectivity index (χ0) is 21.4. The summed E-state index contributed by atoms with van der Waals surface area (Å²) in [4.78, 5) is 15.3. The Morgan fingerprint density at radius 1 is 0.968 bits per heavy atom. The van der Waals surface area contributed by atoms with E-state index >= 15 is 0 Å². The first kappa shape index (κ1) is 19.4. The summed E-state index contributed by atoms with van der Waals surface area (Å²) in [6.07, 6.45) is 5.63. The highest BCUT2D eigenvalue weighted by molar-refractivity contribution is 6.08. The maximum Gasteiger partial charge on any atom is 0.257 e. The minimum atomic E-state index is -0.0855. The Bertz CT molecular complexity index is 1120. The molecular weight excluding hydrogens is 382 g/mol. The fraction of sp³-hybridized carbons (Fsp3) is 0.222. The van der Waals surface area contributed by atoms with Crippen LogP contribution in [0.3, 0.4) is 0 Å². The number of hydrogen-bond acceptors (Lipinski definition) is 3. The number of para-hydroxylation sites is 2. The first-order valence-corrected chi connectivity index (χ1v) is 10.8. The van der Waals surface area contributed by atoms with E-state index in [1.165, 1.54) is 16.8 Å². The number of benzene rings is 3. The minimum absolute atomic E-state index is 0.0855. The van der Waals surface area contributed by atoms with Gasteiger partial charge in [-0.25, -0.2) is 0 Å². The van der Waals surface area contributed by atoms with Crippen molar-refractivity contribution < 1.29 is 4.79 Å². The molecule has 1 heterocycles. The van der Waals surface area contributed by atoms with Gasteiger partial charge in [0.15, 0.2) is 0 Å². The first-order chi connectivity index (χ1) is 15.1. The number of allylic oxidation sites excluding steroid dienone is 2. The molecule has 1 aliphatic heterocycles. The van der Waals surface area contributed by atoms with Crippen molar-refractivity contribution in [1.29, 1.82) is 0 Å². The van der Waals surface area contributed by atoms with Crippen molar-refractivity contribution in [1.82, 2.24) is 0 Å². The van der Waals surface area contributed by atoms with Crippen LogP contribution < -0.4 is 15.5 Å². The molecule has 1 amide bonds. The van der Waals surface area contributed by atoms with Crippen molar-refractivity contribution in [2.75, 3.05) is 29.6 Å². The van der Waals surface area contributed by atoms with Gasteiger partial charge in [0.1, 0.15) is 0 Å². The molecule has 31 heavy (non-hydrogen) atoms. The SMILES string of the molecule is CN(C)c1ccc(C2Nc3c(C(=O)Nc4ccccc4)cccc3C3C=CCC32)cc1. The molecule has 2 aliphatic rings. The molecule has 0 saturated carbocycles. The van der Waals surface area contributed by atoms with Gasteiger partial charge in [0.05, 0.1) is 17.3 Å². The maximum absolute atomic E-state index is 13.2. The third kappa shape index (κ3) is 3.59. The third-order valence-corrected chi connectivity index (χ3v) is 6.44. The molecule has 0 radical (unpaired) electrons. The minimum Gasteiger partial charge on any atom is -0.378 e. The summed E-state index contributed by atoms with van der Waals surface area (Å²) >= 11 is 0. The number of rotatable bonds is 4. The lowest BCUT2D eigenvalue weighted by Crippen LogP contribution is -2.31. The topological polar surface area (TPSA) is 44.4 Å². The standard InChI is InChI=1S/C27H27N3O/c1-30(2)20-16-14-18(15-17-20)25-22-11-6-10-21(22)23-12-7-13-24(26(23)29-25)27(31)28-19-8-4-3-5-9-19/h3-10,12-17,21-22,25,29H,11H2,1-2H3,(H,28,31). The van der Waals surface area contributed by atoms with Crippen LogP contribution in [0.25, 0.3) is 0 Å². The van der Waals surface area contributed by atoms with Crippen molar-refractivity contribution >= 4 is 23.0 Å². The van der Waals surface area contributed by atoms with Crippen molar-refractivity contribution in [3.8, 4) is 0 Å². The summed E-state index contributed by atoms with van der Waals surface area (Å²) in [5.41, 5.74) is 6.09. The van der Waals surface area contributed by atoms with Crippen molar-refractivity contribution in [2.45, 2.75) is 18.4 Å². The van der Waals surface area contributed by atoms with Crippen LogP contribution in [-0.4, -0.2) is 20.0 Å². The highest BCUT2D eigenvalue weighted by Gasteiger charge is 2.39. The van der Waals surface area contributed by atoms with Gasteiger partial charge in [-0.15, -0.1) is 0 Å². The van der Waals surface area contributed by atoms with Crippen LogP contribution >= 0.6 is 0 Å². The van der Waals surface area contributed by atoms with E-state index in [2.05, 4.69) is 72.1 Å². The lowest BCUT2D eigenvalue weighted by atomic mass is 9.76. The molecule has 156 valence electrons. The average molecular weight is 410 g/mol. The monoisotopic (exact) mass is 409 g/mol. The van der Waals surface area contributed by atoms with Crippen LogP contribution in [0.5, 0.6) is 0 Å².